The molecule has 0 spiro atoms. The lowest BCUT2D eigenvalue weighted by Crippen LogP contribution is -2.36. The second kappa shape index (κ2) is 8.07. The first kappa shape index (κ1) is 18.7. The lowest BCUT2D eigenvalue weighted by atomic mass is 10.2. The highest BCUT2D eigenvalue weighted by Gasteiger charge is 2.12. The third kappa shape index (κ3) is 4.55. The van der Waals surface area contributed by atoms with Crippen LogP contribution in [-0.4, -0.2) is 37.5 Å². The van der Waals surface area contributed by atoms with Gasteiger partial charge >= 0.3 is 6.03 Å². The molecule has 0 aliphatic carbocycles. The first-order valence-corrected chi connectivity index (χ1v) is 9.05. The van der Waals surface area contributed by atoms with E-state index in [0.717, 1.165) is 22.4 Å². The molecule has 1 N–H and O–H groups in total. The van der Waals surface area contributed by atoms with Crippen molar-refractivity contribution in [1.29, 1.82) is 0 Å². The maximum absolute atomic E-state index is 12.4. The fourth-order valence-electron chi connectivity index (χ4n) is 2.80. The van der Waals surface area contributed by atoms with Crippen LogP contribution in [0.25, 0.3) is 5.69 Å². The first-order chi connectivity index (χ1) is 12.9. The highest BCUT2D eigenvalue weighted by Crippen LogP contribution is 2.14. The molecule has 2 heterocycles. The van der Waals surface area contributed by atoms with Crippen LogP contribution in [0.15, 0.2) is 49.1 Å². The maximum Gasteiger partial charge on any atom is 0.317 e. The number of rotatable bonds is 6. The number of aryl methyl sites for hydroxylation is 1. The number of amides is 2. The zero-order chi connectivity index (χ0) is 19.4. The molecule has 1 aromatic carbocycles. The van der Waals surface area contributed by atoms with Gasteiger partial charge in [-0.3, -0.25) is 4.68 Å². The molecule has 0 fully saturated rings. The zero-order valence-electron chi connectivity index (χ0n) is 16.3. The van der Waals surface area contributed by atoms with Gasteiger partial charge in [-0.25, -0.2) is 9.48 Å². The molecular weight excluding hydrogens is 340 g/mol. The molecule has 27 heavy (non-hydrogen) atoms. The Morgan fingerprint density at radius 3 is 2.59 bits per heavy atom. The van der Waals surface area contributed by atoms with E-state index < -0.39 is 0 Å². The van der Waals surface area contributed by atoms with E-state index in [1.54, 1.807) is 24.3 Å². The molecule has 0 bridgehead atoms. The minimum atomic E-state index is -0.129. The van der Waals surface area contributed by atoms with E-state index in [1.807, 2.05) is 40.0 Å². The molecule has 0 saturated heterocycles. The molecule has 0 radical (unpaired) electrons. The minimum absolute atomic E-state index is 0.129. The van der Waals surface area contributed by atoms with E-state index in [0.29, 0.717) is 19.1 Å². The summed E-state index contributed by atoms with van der Waals surface area (Å²) in [6.45, 7) is 7.14. The molecular formula is C20H26N6O. The van der Waals surface area contributed by atoms with Crippen LogP contribution in [-0.2, 0) is 13.1 Å². The summed E-state index contributed by atoms with van der Waals surface area (Å²) in [7, 11) is 1.78. The molecule has 3 aromatic rings. The number of urea groups is 1. The van der Waals surface area contributed by atoms with Gasteiger partial charge in [0, 0.05) is 43.2 Å². The molecule has 0 saturated carbocycles. The largest absolute Gasteiger partial charge is 0.334 e. The van der Waals surface area contributed by atoms with Gasteiger partial charge in [-0.05, 0) is 32.4 Å². The van der Waals surface area contributed by atoms with Crippen molar-refractivity contribution in [2.75, 3.05) is 7.05 Å². The van der Waals surface area contributed by atoms with Crippen molar-refractivity contribution in [1.82, 2.24) is 29.8 Å². The van der Waals surface area contributed by atoms with Crippen LogP contribution in [0.1, 0.15) is 36.6 Å². The second-order valence-corrected chi connectivity index (χ2v) is 7.02. The number of carbonyl (C=O) groups is 1. The van der Waals surface area contributed by atoms with Gasteiger partial charge in [-0.15, -0.1) is 0 Å². The van der Waals surface area contributed by atoms with E-state index in [2.05, 4.69) is 42.4 Å². The van der Waals surface area contributed by atoms with Gasteiger partial charge < -0.3 is 10.2 Å². The normalized spacial score (nSPS) is 11.0. The molecule has 2 aromatic heterocycles. The topological polar surface area (TPSA) is 68.0 Å². The molecule has 142 valence electrons. The van der Waals surface area contributed by atoms with Gasteiger partial charge in [0.25, 0.3) is 0 Å². The van der Waals surface area contributed by atoms with Crippen molar-refractivity contribution in [3.63, 3.8) is 0 Å². The summed E-state index contributed by atoms with van der Waals surface area (Å²) in [5.74, 6) is 0. The Bertz CT molecular complexity index is 911. The summed E-state index contributed by atoms with van der Waals surface area (Å²) in [6.07, 6.45) is 7.49. The standard InChI is InChI=1S/C20H26N6O/c1-15(2)25-13-17(10-22-25)9-21-20(27)24(4)12-18-11-23-26(14-18)19-8-6-5-7-16(19)3/h5-8,10-11,13-15H,9,12H2,1-4H3,(H,21,27). The average molecular weight is 366 g/mol. The molecule has 7 heteroatoms. The van der Waals surface area contributed by atoms with Gasteiger partial charge in [-0.1, -0.05) is 18.2 Å². The van der Waals surface area contributed by atoms with Crippen molar-refractivity contribution < 1.29 is 4.79 Å². The third-order valence-electron chi connectivity index (χ3n) is 4.39. The van der Waals surface area contributed by atoms with E-state index in [9.17, 15) is 4.79 Å². The lowest BCUT2D eigenvalue weighted by Gasteiger charge is -2.16. The summed E-state index contributed by atoms with van der Waals surface area (Å²) in [4.78, 5) is 14.0. The fourth-order valence-corrected chi connectivity index (χ4v) is 2.80. The minimum Gasteiger partial charge on any atom is -0.334 e. The predicted octanol–water partition coefficient (Wildman–Crippen LogP) is 3.30. The van der Waals surface area contributed by atoms with Crippen LogP contribution in [0.2, 0.25) is 0 Å². The van der Waals surface area contributed by atoms with Crippen LogP contribution in [0.5, 0.6) is 0 Å². The van der Waals surface area contributed by atoms with Gasteiger partial charge in [0.05, 0.1) is 24.6 Å². The van der Waals surface area contributed by atoms with Crippen LogP contribution in [0.4, 0.5) is 4.79 Å². The van der Waals surface area contributed by atoms with Crippen LogP contribution >= 0.6 is 0 Å². The van der Waals surface area contributed by atoms with E-state index >= 15 is 0 Å². The smallest absolute Gasteiger partial charge is 0.317 e. The summed E-state index contributed by atoms with van der Waals surface area (Å²) >= 11 is 0. The van der Waals surface area contributed by atoms with E-state index in [1.165, 1.54) is 0 Å². The second-order valence-electron chi connectivity index (χ2n) is 7.02. The molecule has 3 rings (SSSR count). The SMILES string of the molecule is Cc1ccccc1-n1cc(CN(C)C(=O)NCc2cnn(C(C)C)c2)cn1. The molecule has 0 aliphatic heterocycles. The summed E-state index contributed by atoms with van der Waals surface area (Å²) < 4.78 is 3.72. The van der Waals surface area contributed by atoms with E-state index in [4.69, 9.17) is 0 Å². The Morgan fingerprint density at radius 1 is 1.15 bits per heavy atom. The van der Waals surface area contributed by atoms with Gasteiger partial charge in [0.1, 0.15) is 0 Å². The number of carbonyl (C=O) groups excluding carboxylic acids is 1. The van der Waals surface area contributed by atoms with Crippen molar-refractivity contribution in [2.24, 2.45) is 0 Å². The quantitative estimate of drug-likeness (QED) is 0.728. The summed E-state index contributed by atoms with van der Waals surface area (Å²) in [5.41, 5.74) is 4.15. The van der Waals surface area contributed by atoms with Gasteiger partial charge in [0.2, 0.25) is 0 Å². The Balaban J connectivity index is 1.56. The predicted molar refractivity (Wildman–Crippen MR) is 105 cm³/mol. The Labute approximate surface area is 159 Å². The van der Waals surface area contributed by atoms with Crippen LogP contribution < -0.4 is 5.32 Å². The van der Waals surface area contributed by atoms with Gasteiger partial charge in [0.15, 0.2) is 0 Å². The van der Waals surface area contributed by atoms with Crippen molar-refractivity contribution >= 4 is 6.03 Å². The highest BCUT2D eigenvalue weighted by atomic mass is 16.2. The third-order valence-corrected chi connectivity index (χ3v) is 4.39. The van der Waals surface area contributed by atoms with Crippen molar-refractivity contribution in [2.45, 2.75) is 39.9 Å². The maximum atomic E-state index is 12.4. The number of nitrogens with one attached hydrogen (secondary N) is 1. The van der Waals surface area contributed by atoms with Crippen LogP contribution in [0.3, 0.4) is 0 Å². The molecule has 0 unspecified atom stereocenters. The molecule has 2 amide bonds. The Hall–Kier alpha value is -3.09. The number of nitrogens with zero attached hydrogens (tertiary/aromatic N) is 5. The Morgan fingerprint density at radius 2 is 1.89 bits per heavy atom. The highest BCUT2D eigenvalue weighted by molar-refractivity contribution is 5.73. The lowest BCUT2D eigenvalue weighted by molar-refractivity contribution is 0.206. The van der Waals surface area contributed by atoms with E-state index in [-0.39, 0.29) is 6.03 Å². The van der Waals surface area contributed by atoms with Crippen molar-refractivity contribution in [3.05, 3.63) is 65.7 Å². The first-order valence-electron chi connectivity index (χ1n) is 9.05. The molecule has 0 aliphatic rings. The number of para-hydroxylation sites is 1. The van der Waals surface area contributed by atoms with Crippen LogP contribution in [0, 0.1) is 6.92 Å². The Kier molecular flexibility index (Phi) is 5.59. The molecule has 0 atom stereocenters. The number of hydrogen-bond acceptors (Lipinski definition) is 3. The molecule has 7 nitrogen and oxygen atoms in total. The average Bonchev–Trinajstić information content (AvgIpc) is 3.29. The monoisotopic (exact) mass is 366 g/mol. The number of hydrogen-bond donors (Lipinski definition) is 1. The zero-order valence-corrected chi connectivity index (χ0v) is 16.3. The number of benzene rings is 1. The fraction of sp³-hybridized carbons (Fsp3) is 0.350. The van der Waals surface area contributed by atoms with Gasteiger partial charge in [-0.2, -0.15) is 10.2 Å². The van der Waals surface area contributed by atoms with Crippen molar-refractivity contribution in [3.8, 4) is 5.69 Å². The summed E-state index contributed by atoms with van der Waals surface area (Å²) in [6, 6.07) is 8.26. The summed E-state index contributed by atoms with van der Waals surface area (Å²) in [5, 5.41) is 11.6. The number of aromatic nitrogens is 4.